The van der Waals surface area contributed by atoms with Gasteiger partial charge in [0, 0.05) is 0 Å². The minimum atomic E-state index is -4.31. The van der Waals surface area contributed by atoms with Crippen LogP contribution in [0.15, 0.2) is 43.0 Å². The van der Waals surface area contributed by atoms with Crippen LogP contribution < -0.4 is 10.1 Å². The fourth-order valence-corrected chi connectivity index (χ4v) is 2.25. The first kappa shape index (κ1) is 18.1. The highest BCUT2D eigenvalue weighted by molar-refractivity contribution is 6.32. The molecule has 7 heteroatoms. The number of para-hydroxylation sites is 1. The van der Waals surface area contributed by atoms with E-state index in [9.17, 15) is 13.2 Å². The van der Waals surface area contributed by atoms with Crippen LogP contribution in [-0.2, 0) is 6.61 Å². The summed E-state index contributed by atoms with van der Waals surface area (Å²) in [6, 6.07) is 10.4. The third-order valence-corrected chi connectivity index (χ3v) is 3.44. The van der Waals surface area contributed by atoms with Crippen molar-refractivity contribution in [1.82, 2.24) is 10.3 Å². The van der Waals surface area contributed by atoms with Gasteiger partial charge in [0.15, 0.2) is 0 Å². The monoisotopic (exact) mass is 356 g/mol. The summed E-state index contributed by atoms with van der Waals surface area (Å²) in [5, 5.41) is 2.70. The van der Waals surface area contributed by atoms with Gasteiger partial charge in [-0.15, -0.1) is 0 Å². The Bertz CT molecular complexity index is 712. The summed E-state index contributed by atoms with van der Waals surface area (Å²) >= 11 is 6.09. The Hall–Kier alpha value is -2.21. The van der Waals surface area contributed by atoms with E-state index >= 15 is 0 Å². The summed E-state index contributed by atoms with van der Waals surface area (Å²) in [6.07, 6.45) is -4.31. The van der Waals surface area contributed by atoms with Crippen molar-refractivity contribution in [3.8, 4) is 5.75 Å². The van der Waals surface area contributed by atoms with Crippen LogP contribution >= 0.6 is 11.6 Å². The first-order valence-electron chi connectivity index (χ1n) is 7.10. The summed E-state index contributed by atoms with van der Waals surface area (Å²) in [6.45, 7) is 4.43. The highest BCUT2D eigenvalue weighted by Crippen LogP contribution is 2.28. The van der Waals surface area contributed by atoms with E-state index in [1.54, 1.807) is 24.3 Å². The van der Waals surface area contributed by atoms with Gasteiger partial charge in [-0.05, 0) is 30.7 Å². The number of alkyl halides is 3. The quantitative estimate of drug-likeness (QED) is 0.811. The van der Waals surface area contributed by atoms with Crippen LogP contribution in [0.1, 0.15) is 17.0 Å². The molecule has 1 heterocycles. The molecule has 0 saturated carbocycles. The van der Waals surface area contributed by atoms with Gasteiger partial charge in [0.25, 0.3) is 0 Å². The molecule has 0 saturated heterocycles. The molecular formula is C17H16ClF3N2O. The van der Waals surface area contributed by atoms with Crippen molar-refractivity contribution in [1.29, 1.82) is 0 Å². The maximum atomic E-state index is 12.2. The SMILES string of the molecule is C=C(NCC(F)(F)F)c1cccc(COc2c(C)cccc2Cl)n1. The van der Waals surface area contributed by atoms with Gasteiger partial charge in [0.2, 0.25) is 0 Å². The predicted molar refractivity (Wildman–Crippen MR) is 87.8 cm³/mol. The minimum absolute atomic E-state index is 0.100. The topological polar surface area (TPSA) is 34.1 Å². The maximum absolute atomic E-state index is 12.2. The van der Waals surface area contributed by atoms with Crippen LogP contribution in [0.4, 0.5) is 13.2 Å². The Morgan fingerprint density at radius 2 is 1.96 bits per heavy atom. The molecule has 1 aromatic heterocycles. The van der Waals surface area contributed by atoms with Crippen molar-refractivity contribution in [3.05, 3.63) is 65.0 Å². The molecule has 24 heavy (non-hydrogen) atoms. The normalized spacial score (nSPS) is 11.2. The third kappa shape index (κ3) is 5.16. The van der Waals surface area contributed by atoms with Gasteiger partial charge in [0.1, 0.15) is 18.9 Å². The number of pyridine rings is 1. The lowest BCUT2D eigenvalue weighted by Gasteiger charge is -2.13. The first-order chi connectivity index (χ1) is 11.3. The van der Waals surface area contributed by atoms with Crippen LogP contribution in [-0.4, -0.2) is 17.7 Å². The molecule has 0 bridgehead atoms. The molecule has 1 N–H and O–H groups in total. The number of rotatable bonds is 6. The molecule has 0 aliphatic carbocycles. The second-order valence-corrected chi connectivity index (χ2v) is 5.54. The lowest BCUT2D eigenvalue weighted by atomic mass is 10.2. The van der Waals surface area contributed by atoms with E-state index < -0.39 is 12.7 Å². The molecule has 0 aliphatic rings. The molecule has 2 aromatic rings. The predicted octanol–water partition coefficient (Wildman–Crippen LogP) is 4.75. The van der Waals surface area contributed by atoms with E-state index in [1.807, 2.05) is 19.1 Å². The summed E-state index contributed by atoms with van der Waals surface area (Å²) in [7, 11) is 0. The number of nitrogens with zero attached hydrogens (tertiary/aromatic N) is 1. The molecule has 3 nitrogen and oxygen atoms in total. The second kappa shape index (κ2) is 7.57. The summed E-state index contributed by atoms with van der Waals surface area (Å²) in [4.78, 5) is 4.25. The number of aryl methyl sites for hydroxylation is 1. The molecule has 0 unspecified atom stereocenters. The van der Waals surface area contributed by atoms with E-state index in [-0.39, 0.29) is 12.3 Å². The van der Waals surface area contributed by atoms with Gasteiger partial charge >= 0.3 is 6.18 Å². The Balaban J connectivity index is 2.04. The lowest BCUT2D eigenvalue weighted by molar-refractivity contribution is -0.122. The van der Waals surface area contributed by atoms with Crippen LogP contribution in [0.3, 0.4) is 0 Å². The summed E-state index contributed by atoms with van der Waals surface area (Å²) in [5.41, 5.74) is 1.87. The van der Waals surface area contributed by atoms with Gasteiger partial charge in [0.05, 0.1) is 22.1 Å². The molecule has 128 valence electrons. The molecule has 2 rings (SSSR count). The number of aromatic nitrogens is 1. The molecule has 0 aliphatic heterocycles. The zero-order chi connectivity index (χ0) is 17.7. The van der Waals surface area contributed by atoms with Gasteiger partial charge in [-0.2, -0.15) is 13.2 Å². The Morgan fingerprint density at radius 1 is 1.25 bits per heavy atom. The smallest absolute Gasteiger partial charge is 0.405 e. The van der Waals surface area contributed by atoms with Gasteiger partial charge in [-0.25, -0.2) is 4.98 Å². The van der Waals surface area contributed by atoms with Crippen molar-refractivity contribution in [2.45, 2.75) is 19.7 Å². The summed E-state index contributed by atoms with van der Waals surface area (Å²) in [5.74, 6) is 0.556. The third-order valence-electron chi connectivity index (χ3n) is 3.15. The molecular weight excluding hydrogens is 341 g/mol. The molecule has 0 atom stereocenters. The molecule has 0 radical (unpaired) electrons. The lowest BCUT2D eigenvalue weighted by Crippen LogP contribution is -2.27. The number of halogens is 4. The second-order valence-electron chi connectivity index (χ2n) is 5.14. The zero-order valence-corrected chi connectivity index (χ0v) is 13.7. The number of benzene rings is 1. The van der Waals surface area contributed by atoms with Crippen molar-refractivity contribution < 1.29 is 17.9 Å². The van der Waals surface area contributed by atoms with Crippen molar-refractivity contribution in [2.24, 2.45) is 0 Å². The van der Waals surface area contributed by atoms with Crippen LogP contribution in [0.5, 0.6) is 5.75 Å². The first-order valence-corrected chi connectivity index (χ1v) is 7.48. The Kier molecular flexibility index (Phi) is 5.72. The van der Waals surface area contributed by atoms with Crippen molar-refractivity contribution in [2.75, 3.05) is 6.54 Å². The zero-order valence-electron chi connectivity index (χ0n) is 13.0. The van der Waals surface area contributed by atoms with E-state index in [2.05, 4.69) is 16.9 Å². The maximum Gasteiger partial charge on any atom is 0.405 e. The van der Waals surface area contributed by atoms with Crippen molar-refractivity contribution in [3.63, 3.8) is 0 Å². The largest absolute Gasteiger partial charge is 0.485 e. The highest BCUT2D eigenvalue weighted by atomic mass is 35.5. The number of nitrogens with one attached hydrogen (secondary N) is 1. The van der Waals surface area contributed by atoms with Crippen LogP contribution in [0.25, 0.3) is 5.70 Å². The van der Waals surface area contributed by atoms with Crippen LogP contribution in [0, 0.1) is 6.92 Å². The van der Waals surface area contributed by atoms with E-state index in [0.29, 0.717) is 22.2 Å². The molecule has 0 fully saturated rings. The van der Waals surface area contributed by atoms with E-state index in [0.717, 1.165) is 5.56 Å². The Morgan fingerprint density at radius 3 is 2.62 bits per heavy atom. The molecule has 1 aromatic carbocycles. The van der Waals surface area contributed by atoms with Gasteiger partial charge in [-0.1, -0.05) is 36.4 Å². The molecule has 0 spiro atoms. The van der Waals surface area contributed by atoms with Crippen LogP contribution in [0.2, 0.25) is 5.02 Å². The van der Waals surface area contributed by atoms with Gasteiger partial charge in [-0.3, -0.25) is 0 Å². The van der Waals surface area contributed by atoms with E-state index in [1.165, 1.54) is 0 Å². The number of ether oxygens (including phenoxy) is 1. The number of hydrogen-bond acceptors (Lipinski definition) is 3. The highest BCUT2D eigenvalue weighted by Gasteiger charge is 2.27. The fraction of sp³-hybridized carbons (Fsp3) is 0.235. The summed E-state index contributed by atoms with van der Waals surface area (Å²) < 4.78 is 42.4. The number of hydrogen-bond donors (Lipinski definition) is 1. The van der Waals surface area contributed by atoms with E-state index in [4.69, 9.17) is 16.3 Å². The fourth-order valence-electron chi connectivity index (χ4n) is 1.97. The van der Waals surface area contributed by atoms with Crippen molar-refractivity contribution >= 4 is 17.3 Å². The average molecular weight is 357 g/mol. The minimum Gasteiger partial charge on any atom is -0.485 e. The Labute approximate surface area is 143 Å². The standard InChI is InChI=1S/C17H16ClF3N2O/c1-11-5-3-7-14(18)16(11)24-9-13-6-4-8-15(23-13)12(2)22-10-17(19,20)21/h3-8,22H,2,9-10H2,1H3. The van der Waals surface area contributed by atoms with Gasteiger partial charge < -0.3 is 10.1 Å². The average Bonchev–Trinajstić information content (AvgIpc) is 2.52. The molecule has 0 amide bonds.